The number of pyridine rings is 1. The predicted molar refractivity (Wildman–Crippen MR) is 86.2 cm³/mol. The summed E-state index contributed by atoms with van der Waals surface area (Å²) in [4.78, 5) is 4.27. The Morgan fingerprint density at radius 1 is 1.32 bits per heavy atom. The maximum atomic E-state index is 11.6. The van der Waals surface area contributed by atoms with E-state index in [2.05, 4.69) is 15.0 Å². The average molecular weight is 327 g/mol. The molecule has 2 rings (SSSR count). The Balaban J connectivity index is 1.75. The zero-order valence-corrected chi connectivity index (χ0v) is 13.8. The van der Waals surface area contributed by atoms with Crippen molar-refractivity contribution < 1.29 is 13.5 Å². The van der Waals surface area contributed by atoms with Gasteiger partial charge < -0.3 is 10.4 Å². The summed E-state index contributed by atoms with van der Waals surface area (Å²) < 4.78 is 25.4. The second-order valence-electron chi connectivity index (χ2n) is 5.77. The van der Waals surface area contributed by atoms with Crippen molar-refractivity contribution in [2.24, 2.45) is 5.92 Å². The van der Waals surface area contributed by atoms with Gasteiger partial charge in [-0.25, -0.2) is 18.1 Å². The fourth-order valence-corrected chi connectivity index (χ4v) is 3.54. The minimum absolute atomic E-state index is 0.141. The largest absolute Gasteiger partial charge is 0.393 e. The number of hydrogen-bond acceptors (Lipinski definition) is 5. The van der Waals surface area contributed by atoms with E-state index in [0.717, 1.165) is 38.6 Å². The van der Waals surface area contributed by atoms with E-state index in [9.17, 15) is 13.5 Å². The summed E-state index contributed by atoms with van der Waals surface area (Å²) in [5.41, 5.74) is 0. The first-order chi connectivity index (χ1) is 10.5. The van der Waals surface area contributed by atoms with Crippen LogP contribution in [0.5, 0.6) is 0 Å². The van der Waals surface area contributed by atoms with Gasteiger partial charge in [0.25, 0.3) is 0 Å². The van der Waals surface area contributed by atoms with E-state index in [-0.39, 0.29) is 11.0 Å². The number of aromatic nitrogens is 1. The summed E-state index contributed by atoms with van der Waals surface area (Å²) in [6.07, 6.45) is 7.61. The van der Waals surface area contributed by atoms with Crippen molar-refractivity contribution >= 4 is 15.8 Å². The topological polar surface area (TPSA) is 91.3 Å². The smallest absolute Gasteiger partial charge is 0.241 e. The van der Waals surface area contributed by atoms with Gasteiger partial charge in [0.2, 0.25) is 10.0 Å². The van der Waals surface area contributed by atoms with Gasteiger partial charge in [0.1, 0.15) is 10.7 Å². The molecular formula is C15H25N3O3S. The van der Waals surface area contributed by atoms with Crippen molar-refractivity contribution in [2.75, 3.05) is 18.9 Å². The van der Waals surface area contributed by atoms with Crippen molar-refractivity contribution in [2.45, 2.75) is 49.5 Å². The van der Waals surface area contributed by atoms with Gasteiger partial charge in [-0.15, -0.1) is 0 Å². The molecule has 0 radical (unpaired) electrons. The maximum Gasteiger partial charge on any atom is 0.241 e. The first-order valence-corrected chi connectivity index (χ1v) is 9.33. The summed E-state index contributed by atoms with van der Waals surface area (Å²) in [5.74, 6) is 1.09. The number of nitrogens with zero attached hydrogens (tertiary/aromatic N) is 1. The van der Waals surface area contributed by atoms with Gasteiger partial charge in [-0.05, 0) is 50.8 Å². The van der Waals surface area contributed by atoms with Crippen LogP contribution in [0, 0.1) is 5.92 Å². The van der Waals surface area contributed by atoms with E-state index in [1.165, 1.54) is 25.7 Å². The molecule has 0 aromatic carbocycles. The van der Waals surface area contributed by atoms with Gasteiger partial charge in [0, 0.05) is 12.7 Å². The van der Waals surface area contributed by atoms with Gasteiger partial charge in [-0.3, -0.25) is 0 Å². The molecule has 0 spiro atoms. The molecule has 1 heterocycles. The Morgan fingerprint density at radius 3 is 2.73 bits per heavy atom. The number of anilines is 1. The van der Waals surface area contributed by atoms with Crippen LogP contribution < -0.4 is 10.0 Å². The van der Waals surface area contributed by atoms with Crippen LogP contribution in [0.15, 0.2) is 23.2 Å². The number of aliphatic hydroxyl groups is 1. The number of aliphatic hydroxyl groups excluding tert-OH is 1. The molecule has 6 nitrogen and oxygen atoms in total. The zero-order chi connectivity index (χ0) is 16.0. The summed E-state index contributed by atoms with van der Waals surface area (Å²) in [6.45, 7) is 0.772. The highest BCUT2D eigenvalue weighted by atomic mass is 32.2. The highest BCUT2D eigenvalue weighted by Crippen LogP contribution is 2.27. The minimum atomic E-state index is -3.43. The van der Waals surface area contributed by atoms with Gasteiger partial charge in [0.05, 0.1) is 6.10 Å². The fraction of sp³-hybridized carbons (Fsp3) is 0.667. The van der Waals surface area contributed by atoms with Gasteiger partial charge in [-0.1, -0.05) is 12.8 Å². The van der Waals surface area contributed by atoms with Crippen LogP contribution in [0.4, 0.5) is 5.82 Å². The van der Waals surface area contributed by atoms with E-state index >= 15 is 0 Å². The van der Waals surface area contributed by atoms with E-state index in [0.29, 0.717) is 11.7 Å². The van der Waals surface area contributed by atoms with E-state index < -0.39 is 10.0 Å². The fourth-order valence-electron chi connectivity index (χ4n) is 2.87. The monoisotopic (exact) mass is 327 g/mol. The van der Waals surface area contributed by atoms with E-state index in [1.54, 1.807) is 6.07 Å². The lowest BCUT2D eigenvalue weighted by atomic mass is 9.83. The van der Waals surface area contributed by atoms with Crippen molar-refractivity contribution in [3.63, 3.8) is 0 Å². The molecule has 1 aromatic rings. The molecule has 1 aliphatic rings. The molecule has 0 amide bonds. The predicted octanol–water partition coefficient (Wildman–Crippen LogP) is 1.73. The molecule has 0 saturated heterocycles. The van der Waals surface area contributed by atoms with Crippen LogP contribution in [-0.4, -0.2) is 38.2 Å². The third-order valence-electron chi connectivity index (χ3n) is 4.24. The molecule has 0 bridgehead atoms. The number of hydrogen-bond donors (Lipinski definition) is 3. The highest BCUT2D eigenvalue weighted by molar-refractivity contribution is 7.89. The third kappa shape index (κ3) is 4.66. The standard InChI is InChI=1S/C15H25N3O3S/c1-16-22(20,21)13-8-9-15(18-11-13)17-10-4-6-12-5-2-3-7-14(12)19/h8-9,11-12,14,16,19H,2-7,10H2,1H3,(H,17,18). The van der Waals surface area contributed by atoms with Crippen LogP contribution in [0.1, 0.15) is 38.5 Å². The van der Waals surface area contributed by atoms with E-state index in [1.807, 2.05) is 0 Å². The molecule has 2 atom stereocenters. The Bertz CT molecular complexity index is 560. The minimum Gasteiger partial charge on any atom is -0.393 e. The van der Waals surface area contributed by atoms with Crippen LogP contribution >= 0.6 is 0 Å². The second kappa shape index (κ2) is 7.89. The highest BCUT2D eigenvalue weighted by Gasteiger charge is 2.22. The quantitative estimate of drug-likeness (QED) is 0.664. The maximum absolute atomic E-state index is 11.6. The Hall–Kier alpha value is -1.18. The molecule has 1 aromatic heterocycles. The molecule has 1 fully saturated rings. The summed E-state index contributed by atoms with van der Waals surface area (Å²) >= 11 is 0. The average Bonchev–Trinajstić information content (AvgIpc) is 2.53. The van der Waals surface area contributed by atoms with Crippen LogP contribution in [0.25, 0.3) is 0 Å². The second-order valence-corrected chi connectivity index (χ2v) is 7.65. The first kappa shape index (κ1) is 17.2. The van der Waals surface area contributed by atoms with Crippen molar-refractivity contribution in [3.05, 3.63) is 18.3 Å². The molecule has 0 aliphatic heterocycles. The third-order valence-corrected chi connectivity index (χ3v) is 5.64. The molecule has 1 aliphatic carbocycles. The first-order valence-electron chi connectivity index (χ1n) is 7.84. The summed E-state index contributed by atoms with van der Waals surface area (Å²) in [7, 11) is -2.05. The molecule has 7 heteroatoms. The molecule has 124 valence electrons. The van der Waals surface area contributed by atoms with Crippen LogP contribution in [0.2, 0.25) is 0 Å². The summed E-state index contributed by atoms with van der Waals surface area (Å²) in [6, 6.07) is 3.20. The van der Waals surface area contributed by atoms with Gasteiger partial charge >= 0.3 is 0 Å². The van der Waals surface area contributed by atoms with Crippen LogP contribution in [0.3, 0.4) is 0 Å². The van der Waals surface area contributed by atoms with Crippen molar-refractivity contribution in [1.82, 2.24) is 9.71 Å². The number of nitrogens with one attached hydrogen (secondary N) is 2. The number of sulfonamides is 1. The van der Waals surface area contributed by atoms with E-state index in [4.69, 9.17) is 0 Å². The lowest BCUT2D eigenvalue weighted by Gasteiger charge is -2.27. The Kier molecular flexibility index (Phi) is 6.16. The SMILES string of the molecule is CNS(=O)(=O)c1ccc(NCCCC2CCCCC2O)nc1. The molecule has 2 unspecified atom stereocenters. The Labute approximate surface area is 132 Å². The van der Waals surface area contributed by atoms with Crippen LogP contribution in [-0.2, 0) is 10.0 Å². The molecule has 3 N–H and O–H groups in total. The van der Waals surface area contributed by atoms with Crippen molar-refractivity contribution in [1.29, 1.82) is 0 Å². The molecule has 22 heavy (non-hydrogen) atoms. The van der Waals surface area contributed by atoms with Gasteiger partial charge in [-0.2, -0.15) is 0 Å². The summed E-state index contributed by atoms with van der Waals surface area (Å²) in [5, 5.41) is 13.1. The molecular weight excluding hydrogens is 302 g/mol. The Morgan fingerprint density at radius 2 is 2.09 bits per heavy atom. The molecule has 1 saturated carbocycles. The van der Waals surface area contributed by atoms with Crippen molar-refractivity contribution in [3.8, 4) is 0 Å². The van der Waals surface area contributed by atoms with Gasteiger partial charge in [0.15, 0.2) is 0 Å². The number of rotatable bonds is 7. The lowest BCUT2D eigenvalue weighted by molar-refractivity contribution is 0.0648. The normalized spacial score (nSPS) is 22.5. The zero-order valence-electron chi connectivity index (χ0n) is 13.0. The lowest BCUT2D eigenvalue weighted by Crippen LogP contribution is -2.24.